The summed E-state index contributed by atoms with van der Waals surface area (Å²) in [5, 5.41) is 0. The molecule has 2 aromatic carbocycles. The van der Waals surface area contributed by atoms with E-state index in [4.69, 9.17) is 9.47 Å². The minimum Gasteiger partial charge on any atom is -0.346 e. The summed E-state index contributed by atoms with van der Waals surface area (Å²) >= 11 is 0. The standard InChI is InChI=1S/C22H24O2/c1-3-8-16(9-4-1)20-18-12-7-13-19(18)21(17-10-5-2-6-11-17)22(20)23-14-15-24-22/h1-6,8-11,18-21H,7,12-15H2. The van der Waals surface area contributed by atoms with E-state index < -0.39 is 5.79 Å². The molecule has 1 aliphatic heterocycles. The van der Waals surface area contributed by atoms with Gasteiger partial charge >= 0.3 is 0 Å². The lowest BCUT2D eigenvalue weighted by Crippen LogP contribution is -2.40. The van der Waals surface area contributed by atoms with E-state index in [2.05, 4.69) is 60.7 Å². The van der Waals surface area contributed by atoms with Crippen LogP contribution < -0.4 is 0 Å². The first-order valence-corrected chi connectivity index (χ1v) is 9.28. The molecule has 4 unspecified atom stereocenters. The van der Waals surface area contributed by atoms with Crippen LogP contribution in [0.2, 0.25) is 0 Å². The lowest BCUT2D eigenvalue weighted by Gasteiger charge is -2.37. The number of rotatable bonds is 2. The van der Waals surface area contributed by atoms with Crippen LogP contribution in [0.5, 0.6) is 0 Å². The number of benzene rings is 2. The van der Waals surface area contributed by atoms with E-state index in [-0.39, 0.29) is 0 Å². The molecule has 0 amide bonds. The average Bonchev–Trinajstić information content (AvgIpc) is 3.34. The Morgan fingerprint density at radius 1 is 0.667 bits per heavy atom. The molecule has 1 spiro atoms. The quantitative estimate of drug-likeness (QED) is 0.796. The highest BCUT2D eigenvalue weighted by Gasteiger charge is 2.65. The first kappa shape index (κ1) is 14.7. The largest absolute Gasteiger partial charge is 0.346 e. The Labute approximate surface area is 143 Å². The highest BCUT2D eigenvalue weighted by Crippen LogP contribution is 2.65. The molecular formula is C22H24O2. The van der Waals surface area contributed by atoms with Gasteiger partial charge in [-0.05, 0) is 35.8 Å². The second-order valence-electron chi connectivity index (χ2n) is 7.45. The highest BCUT2D eigenvalue weighted by atomic mass is 16.7. The molecule has 2 aromatic rings. The van der Waals surface area contributed by atoms with Crippen LogP contribution in [0.25, 0.3) is 0 Å². The zero-order chi connectivity index (χ0) is 16.0. The van der Waals surface area contributed by atoms with E-state index in [9.17, 15) is 0 Å². The summed E-state index contributed by atoms with van der Waals surface area (Å²) < 4.78 is 12.9. The van der Waals surface area contributed by atoms with Gasteiger partial charge in [0.1, 0.15) is 0 Å². The van der Waals surface area contributed by atoms with Crippen molar-refractivity contribution in [3.63, 3.8) is 0 Å². The summed E-state index contributed by atoms with van der Waals surface area (Å²) in [6.07, 6.45) is 3.92. The average molecular weight is 320 g/mol. The predicted molar refractivity (Wildman–Crippen MR) is 93.8 cm³/mol. The maximum Gasteiger partial charge on any atom is 0.182 e. The SMILES string of the molecule is c1ccc(C2C3CCCC3C(c3ccccc3)C23OCCO3)cc1. The fraction of sp³-hybridized carbons (Fsp3) is 0.455. The first-order chi connectivity index (χ1) is 11.9. The monoisotopic (exact) mass is 320 g/mol. The molecule has 3 aliphatic rings. The van der Waals surface area contributed by atoms with Crippen molar-refractivity contribution in [2.24, 2.45) is 11.8 Å². The summed E-state index contributed by atoms with van der Waals surface area (Å²) in [6.45, 7) is 1.43. The Hall–Kier alpha value is -1.64. The van der Waals surface area contributed by atoms with Gasteiger partial charge in [-0.1, -0.05) is 67.1 Å². The van der Waals surface area contributed by atoms with Gasteiger partial charge in [0.25, 0.3) is 0 Å². The highest BCUT2D eigenvalue weighted by molar-refractivity contribution is 5.35. The van der Waals surface area contributed by atoms with Crippen molar-refractivity contribution in [2.75, 3.05) is 13.2 Å². The molecule has 0 radical (unpaired) electrons. The van der Waals surface area contributed by atoms with Crippen LogP contribution in [-0.4, -0.2) is 19.0 Å². The minimum absolute atomic E-state index is 0.346. The molecule has 2 aliphatic carbocycles. The van der Waals surface area contributed by atoms with E-state index in [1.165, 1.54) is 30.4 Å². The second-order valence-corrected chi connectivity index (χ2v) is 7.45. The lowest BCUT2D eigenvalue weighted by atomic mass is 9.82. The zero-order valence-corrected chi connectivity index (χ0v) is 13.9. The fourth-order valence-electron chi connectivity index (χ4n) is 5.72. The molecule has 124 valence electrons. The third-order valence-corrected chi connectivity index (χ3v) is 6.40. The molecule has 4 atom stereocenters. The summed E-state index contributed by atoms with van der Waals surface area (Å²) in [5.74, 6) is 1.54. The van der Waals surface area contributed by atoms with Gasteiger partial charge < -0.3 is 9.47 Å². The van der Waals surface area contributed by atoms with Crippen LogP contribution in [-0.2, 0) is 9.47 Å². The Morgan fingerprint density at radius 3 is 1.58 bits per heavy atom. The van der Waals surface area contributed by atoms with Crippen LogP contribution in [0.4, 0.5) is 0 Å². The molecule has 3 fully saturated rings. The van der Waals surface area contributed by atoms with Gasteiger partial charge in [0, 0.05) is 11.8 Å². The van der Waals surface area contributed by atoms with Gasteiger partial charge in [0.15, 0.2) is 5.79 Å². The summed E-state index contributed by atoms with van der Waals surface area (Å²) in [7, 11) is 0. The van der Waals surface area contributed by atoms with Gasteiger partial charge in [-0.25, -0.2) is 0 Å². The minimum atomic E-state index is -0.474. The number of hydrogen-bond donors (Lipinski definition) is 0. The summed E-state index contributed by atoms with van der Waals surface area (Å²) in [6, 6.07) is 21.9. The van der Waals surface area contributed by atoms with Crippen molar-refractivity contribution in [2.45, 2.75) is 36.9 Å². The summed E-state index contributed by atoms with van der Waals surface area (Å²) in [5.41, 5.74) is 2.77. The molecule has 0 bridgehead atoms. The van der Waals surface area contributed by atoms with E-state index in [1.54, 1.807) is 0 Å². The van der Waals surface area contributed by atoms with Crippen molar-refractivity contribution in [1.29, 1.82) is 0 Å². The maximum atomic E-state index is 6.45. The molecule has 1 saturated heterocycles. The molecule has 2 saturated carbocycles. The van der Waals surface area contributed by atoms with Crippen molar-refractivity contribution in [1.82, 2.24) is 0 Å². The van der Waals surface area contributed by atoms with Crippen LogP contribution in [0.3, 0.4) is 0 Å². The third-order valence-electron chi connectivity index (χ3n) is 6.40. The molecule has 2 heteroatoms. The molecule has 2 nitrogen and oxygen atoms in total. The predicted octanol–water partition coefficient (Wildman–Crippen LogP) is 4.73. The lowest BCUT2D eigenvalue weighted by molar-refractivity contribution is -0.180. The van der Waals surface area contributed by atoms with Crippen molar-refractivity contribution in [3.05, 3.63) is 71.8 Å². The first-order valence-electron chi connectivity index (χ1n) is 9.28. The summed E-state index contributed by atoms with van der Waals surface area (Å²) in [4.78, 5) is 0. The van der Waals surface area contributed by atoms with E-state index in [0.29, 0.717) is 36.9 Å². The molecule has 5 rings (SSSR count). The van der Waals surface area contributed by atoms with Gasteiger partial charge in [0.2, 0.25) is 0 Å². The van der Waals surface area contributed by atoms with Gasteiger partial charge in [-0.3, -0.25) is 0 Å². The Morgan fingerprint density at radius 2 is 1.12 bits per heavy atom. The van der Waals surface area contributed by atoms with Crippen molar-refractivity contribution >= 4 is 0 Å². The van der Waals surface area contributed by atoms with Crippen LogP contribution in [0.1, 0.15) is 42.2 Å². The van der Waals surface area contributed by atoms with Crippen molar-refractivity contribution < 1.29 is 9.47 Å². The van der Waals surface area contributed by atoms with Crippen molar-refractivity contribution in [3.8, 4) is 0 Å². The Kier molecular flexibility index (Phi) is 3.50. The van der Waals surface area contributed by atoms with E-state index in [1.807, 2.05) is 0 Å². The second kappa shape index (κ2) is 5.72. The normalized spacial score (nSPS) is 33.8. The molecule has 0 N–H and O–H groups in total. The number of ether oxygens (including phenoxy) is 2. The van der Waals surface area contributed by atoms with E-state index in [0.717, 1.165) is 0 Å². The Bertz CT molecular complexity index is 635. The number of hydrogen-bond acceptors (Lipinski definition) is 2. The molecule has 0 aromatic heterocycles. The van der Waals surface area contributed by atoms with Gasteiger partial charge in [-0.15, -0.1) is 0 Å². The topological polar surface area (TPSA) is 18.5 Å². The molecule has 1 heterocycles. The van der Waals surface area contributed by atoms with Gasteiger partial charge in [0.05, 0.1) is 13.2 Å². The maximum absolute atomic E-state index is 6.45. The van der Waals surface area contributed by atoms with E-state index >= 15 is 0 Å². The fourth-order valence-corrected chi connectivity index (χ4v) is 5.72. The third kappa shape index (κ3) is 2.03. The zero-order valence-electron chi connectivity index (χ0n) is 13.9. The Balaban J connectivity index is 1.67. The molecular weight excluding hydrogens is 296 g/mol. The number of fused-ring (bicyclic) bond motifs is 1. The molecule has 24 heavy (non-hydrogen) atoms. The van der Waals surface area contributed by atoms with Crippen LogP contribution in [0.15, 0.2) is 60.7 Å². The van der Waals surface area contributed by atoms with Gasteiger partial charge in [-0.2, -0.15) is 0 Å². The van der Waals surface area contributed by atoms with Crippen LogP contribution >= 0.6 is 0 Å². The smallest absolute Gasteiger partial charge is 0.182 e. The van der Waals surface area contributed by atoms with Crippen LogP contribution in [0, 0.1) is 11.8 Å².